The molecule has 3 aromatic carbocycles. The molecule has 7 heteroatoms. The van der Waals surface area contributed by atoms with E-state index in [4.69, 9.17) is 38.0 Å². The average molecular weight is 441 g/mol. The monoisotopic (exact) mass is 440 g/mol. The molecule has 0 fully saturated rings. The van der Waals surface area contributed by atoms with E-state index in [2.05, 4.69) is 5.32 Å². The lowest BCUT2D eigenvalue weighted by atomic mass is 9.95. The molecule has 2 unspecified atom stereocenters. The van der Waals surface area contributed by atoms with Gasteiger partial charge in [0, 0.05) is 15.6 Å². The van der Waals surface area contributed by atoms with Crippen molar-refractivity contribution in [3.8, 4) is 5.75 Å². The van der Waals surface area contributed by atoms with Crippen LogP contribution in [0.15, 0.2) is 77.8 Å². The van der Waals surface area contributed by atoms with Crippen molar-refractivity contribution in [1.82, 2.24) is 5.32 Å². The van der Waals surface area contributed by atoms with Crippen LogP contribution in [0.5, 0.6) is 5.75 Å². The van der Waals surface area contributed by atoms with Gasteiger partial charge in [-0.1, -0.05) is 47.5 Å². The zero-order valence-electron chi connectivity index (χ0n) is 15.8. The third-order valence-electron chi connectivity index (χ3n) is 4.81. The number of carboxylic acid groups (broad SMARTS) is 1. The van der Waals surface area contributed by atoms with Gasteiger partial charge in [-0.2, -0.15) is 0 Å². The van der Waals surface area contributed by atoms with Crippen molar-refractivity contribution in [3.05, 3.63) is 99.5 Å². The van der Waals surface area contributed by atoms with Gasteiger partial charge in [0.15, 0.2) is 6.61 Å². The first-order valence-corrected chi connectivity index (χ1v) is 10.1. The summed E-state index contributed by atoms with van der Waals surface area (Å²) in [5, 5.41) is 13.6. The van der Waals surface area contributed by atoms with Crippen molar-refractivity contribution < 1.29 is 14.6 Å². The normalized spacial score (nSPS) is 17.9. The van der Waals surface area contributed by atoms with Crippen molar-refractivity contribution in [2.45, 2.75) is 12.1 Å². The van der Waals surface area contributed by atoms with Crippen LogP contribution >= 0.6 is 23.2 Å². The molecule has 2 atom stereocenters. The molecular formula is C23H18Cl2N2O3. The Labute approximate surface area is 183 Å². The van der Waals surface area contributed by atoms with E-state index in [1.165, 1.54) is 0 Å². The van der Waals surface area contributed by atoms with Gasteiger partial charge in [-0.05, 0) is 59.7 Å². The topological polar surface area (TPSA) is 70.9 Å². The zero-order valence-corrected chi connectivity index (χ0v) is 17.3. The van der Waals surface area contributed by atoms with E-state index in [9.17, 15) is 4.79 Å². The summed E-state index contributed by atoms with van der Waals surface area (Å²) in [5.41, 5.74) is 3.00. The van der Waals surface area contributed by atoms with Gasteiger partial charge < -0.3 is 15.2 Å². The van der Waals surface area contributed by atoms with E-state index >= 15 is 0 Å². The van der Waals surface area contributed by atoms with Crippen LogP contribution in [0.1, 0.15) is 28.8 Å². The van der Waals surface area contributed by atoms with Crippen LogP contribution in [-0.4, -0.2) is 23.5 Å². The van der Waals surface area contributed by atoms with E-state index in [1.807, 2.05) is 60.7 Å². The van der Waals surface area contributed by atoms with Gasteiger partial charge in [0.05, 0.1) is 6.04 Å². The second kappa shape index (κ2) is 8.78. The fourth-order valence-corrected chi connectivity index (χ4v) is 3.60. The number of nitrogens with one attached hydrogen (secondary N) is 1. The Bertz CT molecular complexity index is 1070. The number of hydrogen-bond donors (Lipinski definition) is 2. The lowest BCUT2D eigenvalue weighted by Gasteiger charge is -2.20. The standard InChI is InChI=1S/C23H18Cl2N2O3/c24-17-7-1-14(2-8-17)21-22(15-3-9-18(25)10-4-15)27-23(26-21)16-5-11-19(12-6-16)30-13-20(28)29/h1-12,21-22H,13H2,(H,26,27)(H,28,29). The van der Waals surface area contributed by atoms with Crippen molar-refractivity contribution in [2.24, 2.45) is 4.99 Å². The molecule has 2 N–H and O–H groups in total. The summed E-state index contributed by atoms with van der Waals surface area (Å²) >= 11 is 12.1. The average Bonchev–Trinajstić information content (AvgIpc) is 3.19. The summed E-state index contributed by atoms with van der Waals surface area (Å²) < 4.78 is 5.20. The number of carbonyl (C=O) groups is 1. The fraction of sp³-hybridized carbons (Fsp3) is 0.130. The number of amidine groups is 1. The predicted octanol–water partition coefficient (Wildman–Crippen LogP) is 5.29. The molecule has 0 spiro atoms. The van der Waals surface area contributed by atoms with Crippen LogP contribution in [0.4, 0.5) is 0 Å². The Kier molecular flexibility index (Phi) is 5.93. The zero-order chi connectivity index (χ0) is 21.1. The maximum atomic E-state index is 10.7. The van der Waals surface area contributed by atoms with Crippen molar-refractivity contribution in [2.75, 3.05) is 6.61 Å². The number of aliphatic imine (C=N–C) groups is 1. The summed E-state index contributed by atoms with van der Waals surface area (Å²) in [6, 6.07) is 22.4. The Hall–Kier alpha value is -3.02. The highest BCUT2D eigenvalue weighted by molar-refractivity contribution is 6.30. The smallest absolute Gasteiger partial charge is 0.341 e. The summed E-state index contributed by atoms with van der Waals surface area (Å²) in [7, 11) is 0. The van der Waals surface area contributed by atoms with E-state index in [0.717, 1.165) is 22.5 Å². The van der Waals surface area contributed by atoms with E-state index in [1.54, 1.807) is 12.1 Å². The summed E-state index contributed by atoms with van der Waals surface area (Å²) in [6.07, 6.45) is 0. The van der Waals surface area contributed by atoms with Crippen LogP contribution in [0.2, 0.25) is 10.0 Å². The fourth-order valence-electron chi connectivity index (χ4n) is 3.35. The third-order valence-corrected chi connectivity index (χ3v) is 5.31. The van der Waals surface area contributed by atoms with Gasteiger partial charge in [-0.3, -0.25) is 4.99 Å². The highest BCUT2D eigenvalue weighted by atomic mass is 35.5. The van der Waals surface area contributed by atoms with Gasteiger partial charge in [0.1, 0.15) is 17.6 Å². The molecule has 0 amide bonds. The number of nitrogens with zero attached hydrogens (tertiary/aromatic N) is 1. The van der Waals surface area contributed by atoms with Crippen LogP contribution in [-0.2, 0) is 4.79 Å². The molecule has 0 aliphatic carbocycles. The Morgan fingerprint density at radius 3 is 2.03 bits per heavy atom. The Morgan fingerprint density at radius 2 is 1.47 bits per heavy atom. The molecule has 1 heterocycles. The van der Waals surface area contributed by atoms with Crippen molar-refractivity contribution in [3.63, 3.8) is 0 Å². The largest absolute Gasteiger partial charge is 0.482 e. The first kappa shape index (κ1) is 20.3. The van der Waals surface area contributed by atoms with Crippen molar-refractivity contribution in [1.29, 1.82) is 0 Å². The lowest BCUT2D eigenvalue weighted by molar-refractivity contribution is -0.139. The molecule has 152 valence electrons. The number of ether oxygens (including phenoxy) is 1. The quantitative estimate of drug-likeness (QED) is 0.546. The first-order chi connectivity index (χ1) is 14.5. The van der Waals surface area contributed by atoms with Gasteiger partial charge >= 0.3 is 5.97 Å². The molecule has 3 aromatic rings. The van der Waals surface area contributed by atoms with Crippen LogP contribution < -0.4 is 10.1 Å². The van der Waals surface area contributed by atoms with Gasteiger partial charge in [0.25, 0.3) is 0 Å². The Morgan fingerprint density at radius 1 is 0.900 bits per heavy atom. The van der Waals surface area contributed by atoms with Gasteiger partial charge in [-0.15, -0.1) is 0 Å². The highest BCUT2D eigenvalue weighted by Gasteiger charge is 2.31. The second-order valence-electron chi connectivity index (χ2n) is 6.85. The number of halogens is 2. The number of carboxylic acids is 1. The minimum absolute atomic E-state index is 0.0682. The summed E-state index contributed by atoms with van der Waals surface area (Å²) in [6.45, 7) is -0.379. The van der Waals surface area contributed by atoms with Gasteiger partial charge in [0.2, 0.25) is 0 Å². The lowest BCUT2D eigenvalue weighted by Crippen LogP contribution is -2.25. The molecule has 0 saturated heterocycles. The van der Waals surface area contributed by atoms with Crippen LogP contribution in [0.25, 0.3) is 0 Å². The van der Waals surface area contributed by atoms with E-state index in [-0.39, 0.29) is 18.7 Å². The molecular weight excluding hydrogens is 423 g/mol. The molecule has 4 rings (SSSR count). The molecule has 0 radical (unpaired) electrons. The van der Waals surface area contributed by atoms with Gasteiger partial charge in [-0.25, -0.2) is 4.79 Å². The molecule has 5 nitrogen and oxygen atoms in total. The first-order valence-electron chi connectivity index (χ1n) is 9.30. The molecule has 0 saturated carbocycles. The summed E-state index contributed by atoms with van der Waals surface area (Å²) in [4.78, 5) is 15.6. The SMILES string of the molecule is O=C(O)COc1ccc(C2=NC(c3ccc(Cl)cc3)C(c3ccc(Cl)cc3)N2)cc1. The van der Waals surface area contributed by atoms with Crippen molar-refractivity contribution >= 4 is 35.0 Å². The van der Waals surface area contributed by atoms with E-state index < -0.39 is 5.97 Å². The number of aliphatic carboxylic acids is 1. The van der Waals surface area contributed by atoms with Crippen LogP contribution in [0.3, 0.4) is 0 Å². The number of benzene rings is 3. The molecule has 1 aliphatic heterocycles. The highest BCUT2D eigenvalue weighted by Crippen LogP contribution is 2.37. The maximum Gasteiger partial charge on any atom is 0.341 e. The van der Waals surface area contributed by atoms with E-state index in [0.29, 0.717) is 15.8 Å². The number of rotatable bonds is 6. The van der Waals surface area contributed by atoms with Crippen LogP contribution in [0, 0.1) is 0 Å². The predicted molar refractivity (Wildman–Crippen MR) is 118 cm³/mol. The maximum absolute atomic E-state index is 10.7. The second-order valence-corrected chi connectivity index (χ2v) is 7.73. The number of hydrogen-bond acceptors (Lipinski definition) is 4. The molecule has 0 bridgehead atoms. The molecule has 1 aliphatic rings. The minimum atomic E-state index is -1.02. The summed E-state index contributed by atoms with van der Waals surface area (Å²) in [5.74, 6) is 0.223. The molecule has 0 aromatic heterocycles. The third kappa shape index (κ3) is 4.58. The Balaban J connectivity index is 1.63. The molecule has 30 heavy (non-hydrogen) atoms. The minimum Gasteiger partial charge on any atom is -0.482 e.